The highest BCUT2D eigenvalue weighted by molar-refractivity contribution is 5.97. The number of ketones is 1. The third-order valence-corrected chi connectivity index (χ3v) is 3.68. The van der Waals surface area contributed by atoms with Crippen molar-refractivity contribution < 1.29 is 18.0 Å². The number of hydrogen-bond donors (Lipinski definition) is 0. The van der Waals surface area contributed by atoms with Crippen LogP contribution < -0.4 is 0 Å². The molecule has 1 atom stereocenters. The van der Waals surface area contributed by atoms with Crippen molar-refractivity contribution in [2.45, 2.75) is 25.9 Å². The zero-order valence-electron chi connectivity index (χ0n) is 11.8. The van der Waals surface area contributed by atoms with Crippen LogP contribution in [0.1, 0.15) is 35.7 Å². The second kappa shape index (κ2) is 7.27. The zero-order chi connectivity index (χ0) is 14.8. The third kappa shape index (κ3) is 4.71. The molecule has 1 aromatic rings. The molecule has 1 aliphatic heterocycles. The average molecular weight is 322 g/mol. The molecule has 1 heterocycles. The summed E-state index contributed by atoms with van der Waals surface area (Å²) in [6.45, 7) is 4.52. The number of nitrogens with zero attached hydrogens (tertiary/aromatic N) is 1. The van der Waals surface area contributed by atoms with Crippen molar-refractivity contribution in [2.24, 2.45) is 5.92 Å². The van der Waals surface area contributed by atoms with Crippen LogP contribution in [0.2, 0.25) is 0 Å². The van der Waals surface area contributed by atoms with Crippen molar-refractivity contribution in [3.8, 4) is 0 Å². The van der Waals surface area contributed by atoms with Crippen molar-refractivity contribution in [3.05, 3.63) is 35.4 Å². The summed E-state index contributed by atoms with van der Waals surface area (Å²) in [4.78, 5) is 14.4. The van der Waals surface area contributed by atoms with Gasteiger partial charge in [-0.25, -0.2) is 0 Å². The van der Waals surface area contributed by atoms with Crippen LogP contribution in [-0.4, -0.2) is 30.3 Å². The van der Waals surface area contributed by atoms with Crippen LogP contribution in [-0.2, 0) is 6.18 Å². The van der Waals surface area contributed by atoms with Gasteiger partial charge in [-0.05, 0) is 38.1 Å². The normalized spacial score (nSPS) is 17.3. The Morgan fingerprint density at radius 3 is 2.19 bits per heavy atom. The van der Waals surface area contributed by atoms with Gasteiger partial charge in [-0.3, -0.25) is 4.79 Å². The van der Waals surface area contributed by atoms with Gasteiger partial charge < -0.3 is 4.90 Å². The van der Waals surface area contributed by atoms with Crippen molar-refractivity contribution in [2.75, 3.05) is 19.6 Å². The maximum absolute atomic E-state index is 12.5. The van der Waals surface area contributed by atoms with E-state index in [1.165, 1.54) is 12.1 Å². The largest absolute Gasteiger partial charge is 0.416 e. The third-order valence-electron chi connectivity index (χ3n) is 3.68. The molecule has 0 spiro atoms. The van der Waals surface area contributed by atoms with Gasteiger partial charge in [0.05, 0.1) is 5.56 Å². The van der Waals surface area contributed by atoms with Crippen molar-refractivity contribution in [1.29, 1.82) is 0 Å². The van der Waals surface area contributed by atoms with Gasteiger partial charge in [0, 0.05) is 18.0 Å². The molecule has 0 N–H and O–H groups in total. The summed E-state index contributed by atoms with van der Waals surface area (Å²) in [6.07, 6.45) is -2.05. The number of carbonyl (C=O) groups is 1. The molecule has 0 radical (unpaired) electrons. The maximum atomic E-state index is 12.5. The van der Waals surface area contributed by atoms with Gasteiger partial charge in [-0.1, -0.05) is 19.1 Å². The monoisotopic (exact) mass is 321 g/mol. The quantitative estimate of drug-likeness (QED) is 0.780. The molecule has 0 bridgehead atoms. The number of hydrogen-bond acceptors (Lipinski definition) is 2. The molecular weight excluding hydrogens is 303 g/mol. The molecule has 0 aromatic heterocycles. The number of Topliss-reactive ketones (excluding diaryl/α,β-unsaturated/α-hetero) is 1. The minimum absolute atomic E-state index is 0. The van der Waals surface area contributed by atoms with Gasteiger partial charge in [0.25, 0.3) is 0 Å². The van der Waals surface area contributed by atoms with Crippen LogP contribution in [0.15, 0.2) is 24.3 Å². The van der Waals surface area contributed by atoms with Crippen LogP contribution >= 0.6 is 12.4 Å². The van der Waals surface area contributed by atoms with E-state index in [9.17, 15) is 18.0 Å². The Morgan fingerprint density at radius 1 is 1.19 bits per heavy atom. The van der Waals surface area contributed by atoms with E-state index in [2.05, 4.69) is 4.90 Å². The molecule has 1 fully saturated rings. The van der Waals surface area contributed by atoms with E-state index < -0.39 is 11.7 Å². The van der Waals surface area contributed by atoms with E-state index in [-0.39, 0.29) is 24.1 Å². The molecule has 0 aliphatic carbocycles. The minimum atomic E-state index is -4.36. The first-order chi connectivity index (χ1) is 9.38. The molecule has 1 aromatic carbocycles. The Bertz CT molecular complexity index is 467. The molecule has 1 saturated heterocycles. The number of alkyl halides is 3. The number of rotatable bonds is 4. The molecular formula is C15H19ClF3NO. The molecule has 1 unspecified atom stereocenters. The maximum Gasteiger partial charge on any atom is 0.416 e. The fourth-order valence-corrected chi connectivity index (χ4v) is 2.54. The Kier molecular flexibility index (Phi) is 6.23. The summed E-state index contributed by atoms with van der Waals surface area (Å²) in [5, 5.41) is 0. The van der Waals surface area contributed by atoms with E-state index in [0.717, 1.165) is 38.1 Å². The molecule has 2 rings (SSSR count). The Morgan fingerprint density at radius 2 is 1.71 bits per heavy atom. The van der Waals surface area contributed by atoms with Crippen molar-refractivity contribution in [3.63, 3.8) is 0 Å². The first-order valence-electron chi connectivity index (χ1n) is 6.82. The summed E-state index contributed by atoms with van der Waals surface area (Å²) in [5.74, 6) is -0.282. The lowest BCUT2D eigenvalue weighted by Gasteiger charge is -2.19. The first kappa shape index (κ1) is 18.0. The summed E-state index contributed by atoms with van der Waals surface area (Å²) in [6, 6.07) is 4.48. The van der Waals surface area contributed by atoms with Gasteiger partial charge in [0.1, 0.15) is 0 Å². The van der Waals surface area contributed by atoms with Crippen molar-refractivity contribution >= 4 is 18.2 Å². The number of likely N-dealkylation sites (tertiary alicyclic amines) is 1. The van der Waals surface area contributed by atoms with E-state index in [4.69, 9.17) is 0 Å². The second-order valence-corrected chi connectivity index (χ2v) is 5.35. The van der Waals surface area contributed by atoms with E-state index in [1.54, 1.807) is 0 Å². The fourth-order valence-electron chi connectivity index (χ4n) is 2.54. The highest BCUT2D eigenvalue weighted by Crippen LogP contribution is 2.29. The fraction of sp³-hybridized carbons (Fsp3) is 0.533. The van der Waals surface area contributed by atoms with E-state index >= 15 is 0 Å². The zero-order valence-corrected chi connectivity index (χ0v) is 12.6. The van der Waals surface area contributed by atoms with Crippen LogP contribution in [0.4, 0.5) is 13.2 Å². The van der Waals surface area contributed by atoms with Gasteiger partial charge in [-0.2, -0.15) is 13.2 Å². The standard InChI is InChI=1S/C15H18F3NO.ClH/c1-11(10-19-8-2-3-9-19)14(20)12-4-6-13(7-5-12)15(16,17)18;/h4-7,11H,2-3,8-10H2,1H3;1H. The first-order valence-corrected chi connectivity index (χ1v) is 6.82. The Balaban J connectivity index is 0.00000220. The van der Waals surface area contributed by atoms with Crippen LogP contribution in [0.25, 0.3) is 0 Å². The summed E-state index contributed by atoms with van der Waals surface area (Å²) < 4.78 is 37.4. The minimum Gasteiger partial charge on any atom is -0.303 e. The predicted octanol–water partition coefficient (Wildman–Crippen LogP) is 4.04. The Hall–Kier alpha value is -1.07. The molecule has 6 heteroatoms. The van der Waals surface area contributed by atoms with Gasteiger partial charge in [-0.15, -0.1) is 12.4 Å². The smallest absolute Gasteiger partial charge is 0.303 e. The van der Waals surface area contributed by atoms with Gasteiger partial charge in [0.15, 0.2) is 5.78 Å². The lowest BCUT2D eigenvalue weighted by Crippen LogP contribution is -2.29. The lowest BCUT2D eigenvalue weighted by atomic mass is 9.98. The van der Waals surface area contributed by atoms with Crippen LogP contribution in [0.5, 0.6) is 0 Å². The van der Waals surface area contributed by atoms with Crippen LogP contribution in [0.3, 0.4) is 0 Å². The lowest BCUT2D eigenvalue weighted by molar-refractivity contribution is -0.137. The van der Waals surface area contributed by atoms with E-state index in [0.29, 0.717) is 12.1 Å². The molecule has 1 aliphatic rings. The molecule has 0 amide bonds. The number of benzene rings is 1. The summed E-state index contributed by atoms with van der Waals surface area (Å²) >= 11 is 0. The summed E-state index contributed by atoms with van der Waals surface area (Å²) in [5.41, 5.74) is -0.369. The average Bonchev–Trinajstić information content (AvgIpc) is 2.90. The Labute approximate surface area is 128 Å². The highest BCUT2D eigenvalue weighted by atomic mass is 35.5. The summed E-state index contributed by atoms with van der Waals surface area (Å²) in [7, 11) is 0. The van der Waals surface area contributed by atoms with Gasteiger partial charge in [0.2, 0.25) is 0 Å². The second-order valence-electron chi connectivity index (χ2n) is 5.35. The van der Waals surface area contributed by atoms with Crippen molar-refractivity contribution in [1.82, 2.24) is 4.90 Å². The molecule has 2 nitrogen and oxygen atoms in total. The van der Waals surface area contributed by atoms with Crippen LogP contribution in [0, 0.1) is 5.92 Å². The molecule has 0 saturated carbocycles. The predicted molar refractivity (Wildman–Crippen MR) is 77.9 cm³/mol. The van der Waals surface area contributed by atoms with E-state index in [1.807, 2.05) is 6.92 Å². The van der Waals surface area contributed by atoms with Gasteiger partial charge >= 0.3 is 6.18 Å². The SMILES string of the molecule is CC(CN1CCCC1)C(=O)c1ccc(C(F)(F)F)cc1.Cl. The molecule has 118 valence electrons. The topological polar surface area (TPSA) is 20.3 Å². The number of carbonyl (C=O) groups excluding carboxylic acids is 1. The highest BCUT2D eigenvalue weighted by Gasteiger charge is 2.30. The number of halogens is 4. The molecule has 21 heavy (non-hydrogen) atoms.